The quantitative estimate of drug-likeness (QED) is 0.914. The minimum Gasteiger partial charge on any atom is -0.507 e. The van der Waals surface area contributed by atoms with Crippen LogP contribution in [0.15, 0.2) is 36.4 Å². The van der Waals surface area contributed by atoms with Crippen LogP contribution in [-0.2, 0) is 0 Å². The first-order valence-electron chi connectivity index (χ1n) is 6.16. The topological polar surface area (TPSA) is 52.6 Å². The highest BCUT2D eigenvalue weighted by Gasteiger charge is 2.16. The largest absolute Gasteiger partial charge is 0.507 e. The van der Waals surface area contributed by atoms with Crippen molar-refractivity contribution in [3.8, 4) is 5.75 Å². The first-order valence-corrected chi connectivity index (χ1v) is 6.16. The van der Waals surface area contributed by atoms with Gasteiger partial charge in [0.2, 0.25) is 0 Å². The van der Waals surface area contributed by atoms with Crippen molar-refractivity contribution in [3.63, 3.8) is 0 Å². The van der Waals surface area contributed by atoms with Crippen LogP contribution in [0.5, 0.6) is 5.75 Å². The van der Waals surface area contributed by atoms with Gasteiger partial charge in [0.1, 0.15) is 11.4 Å². The molecule has 21 heavy (non-hydrogen) atoms. The lowest BCUT2D eigenvalue weighted by Crippen LogP contribution is -2.15. The van der Waals surface area contributed by atoms with Gasteiger partial charge in [0, 0.05) is 19.8 Å². The Morgan fingerprint density at radius 1 is 1.14 bits per heavy atom. The maximum atomic E-state index is 13.8. The van der Waals surface area contributed by atoms with E-state index in [0.717, 1.165) is 12.1 Å². The Hall–Kier alpha value is -2.63. The van der Waals surface area contributed by atoms with E-state index in [-0.39, 0.29) is 22.7 Å². The summed E-state index contributed by atoms with van der Waals surface area (Å²) in [6.07, 6.45) is 0. The van der Waals surface area contributed by atoms with Crippen LogP contribution in [0.1, 0.15) is 10.4 Å². The van der Waals surface area contributed by atoms with Crippen LogP contribution in [0, 0.1) is 11.6 Å². The van der Waals surface area contributed by atoms with Gasteiger partial charge in [0.25, 0.3) is 5.91 Å². The monoisotopic (exact) mass is 292 g/mol. The number of amides is 1. The first kappa shape index (κ1) is 14.8. The fourth-order valence-electron chi connectivity index (χ4n) is 1.93. The highest BCUT2D eigenvalue weighted by Crippen LogP contribution is 2.26. The lowest BCUT2D eigenvalue weighted by molar-refractivity contribution is 0.102. The zero-order chi connectivity index (χ0) is 15.6. The normalized spacial score (nSPS) is 10.3. The summed E-state index contributed by atoms with van der Waals surface area (Å²) < 4.78 is 27.6. The number of anilines is 2. The highest BCUT2D eigenvalue weighted by molar-refractivity contribution is 6.06. The zero-order valence-electron chi connectivity index (χ0n) is 11.5. The lowest BCUT2D eigenvalue weighted by Gasteiger charge is -2.16. The predicted molar refractivity (Wildman–Crippen MR) is 76.7 cm³/mol. The van der Waals surface area contributed by atoms with Gasteiger partial charge in [-0.05, 0) is 24.3 Å². The minimum absolute atomic E-state index is 0.0232. The van der Waals surface area contributed by atoms with Gasteiger partial charge in [-0.1, -0.05) is 12.1 Å². The molecule has 0 atom stereocenters. The van der Waals surface area contributed by atoms with Gasteiger partial charge < -0.3 is 15.3 Å². The van der Waals surface area contributed by atoms with E-state index in [9.17, 15) is 18.7 Å². The molecule has 2 N–H and O–H groups in total. The molecule has 0 saturated heterocycles. The molecule has 0 aliphatic rings. The third kappa shape index (κ3) is 3.10. The Morgan fingerprint density at radius 3 is 2.24 bits per heavy atom. The molecular weight excluding hydrogens is 278 g/mol. The number of halogens is 2. The van der Waals surface area contributed by atoms with Gasteiger partial charge in [0.05, 0.1) is 5.56 Å². The Balaban J connectivity index is 2.29. The summed E-state index contributed by atoms with van der Waals surface area (Å²) in [7, 11) is 3.03. The van der Waals surface area contributed by atoms with E-state index in [2.05, 4.69) is 5.32 Å². The number of nitrogens with one attached hydrogen (secondary N) is 1. The lowest BCUT2D eigenvalue weighted by atomic mass is 10.1. The van der Waals surface area contributed by atoms with Crippen molar-refractivity contribution in [1.29, 1.82) is 0 Å². The van der Waals surface area contributed by atoms with Crippen molar-refractivity contribution in [2.75, 3.05) is 24.3 Å². The number of aromatic hydroxyl groups is 1. The summed E-state index contributed by atoms with van der Waals surface area (Å²) in [5.74, 6) is -2.43. The van der Waals surface area contributed by atoms with Crippen LogP contribution in [0.2, 0.25) is 0 Å². The van der Waals surface area contributed by atoms with E-state index in [4.69, 9.17) is 0 Å². The molecule has 0 aromatic heterocycles. The van der Waals surface area contributed by atoms with Crippen molar-refractivity contribution in [2.24, 2.45) is 0 Å². The molecule has 0 aliphatic carbocycles. The molecule has 0 bridgehead atoms. The second-order valence-corrected chi connectivity index (χ2v) is 4.65. The number of phenols is 1. The molecule has 0 saturated carbocycles. The second-order valence-electron chi connectivity index (χ2n) is 4.65. The standard InChI is InChI=1S/C15H14F2N2O2/c1-19(2)14-11(16)7-9(8-12(14)17)18-15(21)10-5-3-4-6-13(10)20/h3-8,20H,1-2H3,(H,18,21). The summed E-state index contributed by atoms with van der Waals surface area (Å²) >= 11 is 0. The number of rotatable bonds is 3. The molecule has 0 aliphatic heterocycles. The third-order valence-corrected chi connectivity index (χ3v) is 2.87. The molecule has 2 aromatic rings. The van der Waals surface area contributed by atoms with Gasteiger partial charge in [-0.15, -0.1) is 0 Å². The summed E-state index contributed by atoms with van der Waals surface area (Å²) in [6, 6.07) is 7.95. The molecule has 6 heteroatoms. The van der Waals surface area contributed by atoms with E-state index in [1.54, 1.807) is 12.1 Å². The Labute approximate surface area is 120 Å². The molecule has 2 aromatic carbocycles. The first-order chi connectivity index (χ1) is 9.90. The SMILES string of the molecule is CN(C)c1c(F)cc(NC(=O)c2ccccc2O)cc1F. The van der Waals surface area contributed by atoms with Crippen molar-refractivity contribution < 1.29 is 18.7 Å². The number of para-hydroxylation sites is 1. The molecule has 0 spiro atoms. The summed E-state index contributed by atoms with van der Waals surface area (Å²) in [5.41, 5.74) is -0.186. The van der Waals surface area contributed by atoms with Crippen molar-refractivity contribution in [1.82, 2.24) is 0 Å². The maximum Gasteiger partial charge on any atom is 0.259 e. The van der Waals surface area contributed by atoms with Crippen LogP contribution in [-0.4, -0.2) is 25.1 Å². The average molecular weight is 292 g/mol. The van der Waals surface area contributed by atoms with E-state index >= 15 is 0 Å². The molecule has 2 rings (SSSR count). The second kappa shape index (κ2) is 5.78. The summed E-state index contributed by atoms with van der Waals surface area (Å²) in [6.45, 7) is 0. The van der Waals surface area contributed by atoms with Gasteiger partial charge in [-0.25, -0.2) is 8.78 Å². The number of nitrogens with zero attached hydrogens (tertiary/aromatic N) is 1. The predicted octanol–water partition coefficient (Wildman–Crippen LogP) is 2.99. The van der Waals surface area contributed by atoms with E-state index in [0.29, 0.717) is 0 Å². The fraction of sp³-hybridized carbons (Fsp3) is 0.133. The molecule has 0 radical (unpaired) electrons. The molecule has 4 nitrogen and oxygen atoms in total. The number of carbonyl (C=O) groups excluding carboxylic acids is 1. The number of benzene rings is 2. The van der Waals surface area contributed by atoms with E-state index in [1.807, 2.05) is 0 Å². The highest BCUT2D eigenvalue weighted by atomic mass is 19.1. The van der Waals surface area contributed by atoms with Gasteiger partial charge >= 0.3 is 0 Å². The van der Waals surface area contributed by atoms with Crippen LogP contribution in [0.4, 0.5) is 20.2 Å². The fourth-order valence-corrected chi connectivity index (χ4v) is 1.93. The van der Waals surface area contributed by atoms with E-state index in [1.165, 1.54) is 31.1 Å². The molecular formula is C15H14F2N2O2. The van der Waals surface area contributed by atoms with Crippen LogP contribution in [0.3, 0.4) is 0 Å². The number of phenolic OH excluding ortho intramolecular Hbond substituents is 1. The molecule has 1 amide bonds. The Morgan fingerprint density at radius 2 is 1.71 bits per heavy atom. The van der Waals surface area contributed by atoms with Gasteiger partial charge in [-0.2, -0.15) is 0 Å². The number of hydrogen-bond acceptors (Lipinski definition) is 3. The molecule has 0 fully saturated rings. The van der Waals surface area contributed by atoms with Gasteiger partial charge in [-0.3, -0.25) is 4.79 Å². The molecule has 0 unspecified atom stereocenters. The summed E-state index contributed by atoms with van der Waals surface area (Å²) in [4.78, 5) is 13.3. The smallest absolute Gasteiger partial charge is 0.259 e. The average Bonchev–Trinajstić information content (AvgIpc) is 2.37. The van der Waals surface area contributed by atoms with Crippen molar-refractivity contribution >= 4 is 17.3 Å². The maximum absolute atomic E-state index is 13.8. The molecule has 110 valence electrons. The van der Waals surface area contributed by atoms with E-state index < -0.39 is 17.5 Å². The summed E-state index contributed by atoms with van der Waals surface area (Å²) in [5, 5.41) is 11.9. The van der Waals surface area contributed by atoms with Gasteiger partial charge in [0.15, 0.2) is 11.6 Å². The number of hydrogen-bond donors (Lipinski definition) is 2. The van der Waals surface area contributed by atoms with Crippen LogP contribution < -0.4 is 10.2 Å². The van der Waals surface area contributed by atoms with Crippen LogP contribution >= 0.6 is 0 Å². The Kier molecular flexibility index (Phi) is 4.07. The number of carbonyl (C=O) groups is 1. The van der Waals surface area contributed by atoms with Crippen molar-refractivity contribution in [3.05, 3.63) is 53.6 Å². The zero-order valence-corrected chi connectivity index (χ0v) is 11.5. The third-order valence-electron chi connectivity index (χ3n) is 2.87. The van der Waals surface area contributed by atoms with Crippen LogP contribution in [0.25, 0.3) is 0 Å². The Bertz CT molecular complexity index is 664. The van der Waals surface area contributed by atoms with Crippen molar-refractivity contribution in [2.45, 2.75) is 0 Å². The molecule has 0 heterocycles. The minimum atomic E-state index is -0.785.